The second kappa shape index (κ2) is 5.04. The Labute approximate surface area is 89.5 Å². The minimum absolute atomic E-state index is 0.579. The molecule has 0 radical (unpaired) electrons. The molecule has 0 heterocycles. The highest BCUT2D eigenvalue weighted by molar-refractivity contribution is 9.10. The van der Waals surface area contributed by atoms with Crippen LogP contribution < -0.4 is 0 Å². The van der Waals surface area contributed by atoms with Gasteiger partial charge in [0.05, 0.1) is 0 Å². The lowest BCUT2D eigenvalue weighted by molar-refractivity contribution is -0.128. The van der Waals surface area contributed by atoms with Crippen LogP contribution in [-0.4, -0.2) is 5.97 Å². The van der Waals surface area contributed by atoms with Crippen LogP contribution in [0, 0.1) is 0 Å². The van der Waals surface area contributed by atoms with E-state index in [1.165, 1.54) is 6.08 Å². The standard InChI is InChI=1S/C9H6BrClO2/c10-8-4-1-7(2-5-8)3-6-9(12)13-11/h1-6H/b6-3+. The average Bonchev–Trinajstić information content (AvgIpc) is 2.16. The van der Waals surface area contributed by atoms with Crippen molar-refractivity contribution in [3.8, 4) is 0 Å². The molecule has 0 spiro atoms. The molecule has 0 aliphatic heterocycles. The van der Waals surface area contributed by atoms with Crippen LogP contribution in [-0.2, 0) is 9.08 Å². The van der Waals surface area contributed by atoms with Crippen LogP contribution in [0.3, 0.4) is 0 Å². The number of rotatable bonds is 2. The topological polar surface area (TPSA) is 26.3 Å². The number of hydrogen-bond donors (Lipinski definition) is 0. The van der Waals surface area contributed by atoms with Gasteiger partial charge in [0.1, 0.15) is 11.9 Å². The average molecular weight is 262 g/mol. The van der Waals surface area contributed by atoms with Crippen molar-refractivity contribution in [2.45, 2.75) is 0 Å². The minimum Gasteiger partial charge on any atom is -0.344 e. The van der Waals surface area contributed by atoms with Gasteiger partial charge in [0.15, 0.2) is 0 Å². The summed E-state index contributed by atoms with van der Waals surface area (Å²) in [6.07, 6.45) is 2.88. The van der Waals surface area contributed by atoms with E-state index in [4.69, 9.17) is 11.9 Å². The van der Waals surface area contributed by atoms with E-state index < -0.39 is 5.97 Å². The molecule has 0 atom stereocenters. The zero-order chi connectivity index (χ0) is 9.68. The van der Waals surface area contributed by atoms with Gasteiger partial charge in [-0.1, -0.05) is 28.1 Å². The van der Waals surface area contributed by atoms with E-state index >= 15 is 0 Å². The van der Waals surface area contributed by atoms with Crippen LogP contribution >= 0.6 is 27.8 Å². The van der Waals surface area contributed by atoms with E-state index in [0.29, 0.717) is 0 Å². The number of benzene rings is 1. The smallest absolute Gasteiger partial charge is 0.344 e. The molecule has 0 saturated heterocycles. The molecule has 0 aromatic heterocycles. The number of halogens is 2. The highest BCUT2D eigenvalue weighted by Gasteiger charge is 1.93. The Balaban J connectivity index is 2.69. The van der Waals surface area contributed by atoms with Gasteiger partial charge in [-0.25, -0.2) is 4.79 Å². The first-order valence-electron chi connectivity index (χ1n) is 3.48. The maximum atomic E-state index is 10.6. The molecule has 0 aliphatic rings. The summed E-state index contributed by atoms with van der Waals surface area (Å²) in [5.41, 5.74) is 0.908. The van der Waals surface area contributed by atoms with Gasteiger partial charge in [0, 0.05) is 10.5 Å². The maximum Gasteiger partial charge on any atom is 0.349 e. The fraction of sp³-hybridized carbons (Fsp3) is 0. The van der Waals surface area contributed by atoms with Gasteiger partial charge in [0.2, 0.25) is 0 Å². The van der Waals surface area contributed by atoms with E-state index in [-0.39, 0.29) is 0 Å². The Morgan fingerprint density at radius 3 is 2.54 bits per heavy atom. The highest BCUT2D eigenvalue weighted by atomic mass is 79.9. The van der Waals surface area contributed by atoms with Crippen molar-refractivity contribution in [3.63, 3.8) is 0 Å². The Morgan fingerprint density at radius 1 is 1.38 bits per heavy atom. The van der Waals surface area contributed by atoms with Crippen molar-refractivity contribution < 1.29 is 9.08 Å². The third kappa shape index (κ3) is 3.61. The predicted octanol–water partition coefficient (Wildman–Crippen LogP) is 3.16. The van der Waals surface area contributed by atoms with E-state index in [1.54, 1.807) is 6.08 Å². The molecule has 0 aliphatic carbocycles. The summed E-state index contributed by atoms with van der Waals surface area (Å²) >= 11 is 8.14. The third-order valence-electron chi connectivity index (χ3n) is 1.36. The van der Waals surface area contributed by atoms with Gasteiger partial charge in [-0.15, -0.1) is 0 Å². The Hall–Kier alpha value is -0.800. The van der Waals surface area contributed by atoms with Crippen LogP contribution in [0.2, 0.25) is 0 Å². The summed E-state index contributed by atoms with van der Waals surface area (Å²) < 4.78 is 4.92. The van der Waals surface area contributed by atoms with Gasteiger partial charge < -0.3 is 4.29 Å². The first kappa shape index (κ1) is 10.3. The molecular formula is C9H6BrClO2. The summed E-state index contributed by atoms with van der Waals surface area (Å²) in [6, 6.07) is 7.49. The Morgan fingerprint density at radius 2 is 2.00 bits per heavy atom. The molecular weight excluding hydrogens is 255 g/mol. The number of carbonyl (C=O) groups excluding carboxylic acids is 1. The molecule has 4 heteroatoms. The first-order chi connectivity index (χ1) is 6.22. The molecule has 1 aromatic carbocycles. The maximum absolute atomic E-state index is 10.6. The quantitative estimate of drug-likeness (QED) is 0.765. The number of carbonyl (C=O) groups is 1. The lowest BCUT2D eigenvalue weighted by Gasteiger charge is -1.92. The van der Waals surface area contributed by atoms with Gasteiger partial charge in [-0.2, -0.15) is 0 Å². The summed E-state index contributed by atoms with van der Waals surface area (Å²) in [6.45, 7) is 0. The largest absolute Gasteiger partial charge is 0.349 e. The molecule has 1 aromatic rings. The molecule has 13 heavy (non-hydrogen) atoms. The van der Waals surface area contributed by atoms with E-state index in [9.17, 15) is 4.79 Å². The normalized spacial score (nSPS) is 10.3. The zero-order valence-electron chi connectivity index (χ0n) is 6.54. The molecule has 0 amide bonds. The molecule has 0 saturated carbocycles. The molecule has 0 unspecified atom stereocenters. The van der Waals surface area contributed by atoms with Gasteiger partial charge in [0.25, 0.3) is 0 Å². The fourth-order valence-corrected chi connectivity index (χ4v) is 1.08. The van der Waals surface area contributed by atoms with Crippen molar-refractivity contribution in [1.29, 1.82) is 0 Å². The summed E-state index contributed by atoms with van der Waals surface area (Å²) in [5, 5.41) is 0. The summed E-state index contributed by atoms with van der Waals surface area (Å²) in [5.74, 6) is -0.579. The molecule has 68 valence electrons. The molecule has 0 N–H and O–H groups in total. The predicted molar refractivity (Wildman–Crippen MR) is 55.1 cm³/mol. The molecule has 2 nitrogen and oxygen atoms in total. The van der Waals surface area contributed by atoms with Crippen LogP contribution in [0.1, 0.15) is 5.56 Å². The van der Waals surface area contributed by atoms with Gasteiger partial charge in [-0.3, -0.25) is 0 Å². The van der Waals surface area contributed by atoms with E-state index in [2.05, 4.69) is 20.2 Å². The SMILES string of the molecule is O=C(/C=C/c1ccc(Br)cc1)OCl. The second-order valence-corrected chi connectivity index (χ2v) is 3.35. The molecule has 0 fully saturated rings. The summed E-state index contributed by atoms with van der Waals surface area (Å²) in [4.78, 5) is 10.6. The fourth-order valence-electron chi connectivity index (χ4n) is 0.764. The van der Waals surface area contributed by atoms with Crippen molar-refractivity contribution in [1.82, 2.24) is 0 Å². The highest BCUT2D eigenvalue weighted by Crippen LogP contribution is 2.11. The monoisotopic (exact) mass is 260 g/mol. The first-order valence-corrected chi connectivity index (χ1v) is 4.59. The van der Waals surface area contributed by atoms with Gasteiger partial charge >= 0.3 is 5.97 Å². The van der Waals surface area contributed by atoms with Crippen molar-refractivity contribution in [3.05, 3.63) is 40.4 Å². The van der Waals surface area contributed by atoms with E-state index in [0.717, 1.165) is 10.0 Å². The molecule has 1 rings (SSSR count). The lowest BCUT2D eigenvalue weighted by Crippen LogP contribution is -1.88. The van der Waals surface area contributed by atoms with Crippen LogP contribution in [0.4, 0.5) is 0 Å². The van der Waals surface area contributed by atoms with Gasteiger partial charge in [-0.05, 0) is 23.8 Å². The van der Waals surface area contributed by atoms with E-state index in [1.807, 2.05) is 24.3 Å². The minimum atomic E-state index is -0.579. The van der Waals surface area contributed by atoms with Crippen LogP contribution in [0.25, 0.3) is 6.08 Å². The second-order valence-electron chi connectivity index (χ2n) is 2.28. The number of hydrogen-bond acceptors (Lipinski definition) is 2. The summed E-state index contributed by atoms with van der Waals surface area (Å²) in [7, 11) is 0. The molecule has 0 bridgehead atoms. The van der Waals surface area contributed by atoms with Crippen LogP contribution in [0.5, 0.6) is 0 Å². The van der Waals surface area contributed by atoms with Crippen molar-refractivity contribution >= 4 is 39.8 Å². The lowest BCUT2D eigenvalue weighted by atomic mass is 10.2. The third-order valence-corrected chi connectivity index (χ3v) is 2.04. The van der Waals surface area contributed by atoms with Crippen LogP contribution in [0.15, 0.2) is 34.8 Å². The van der Waals surface area contributed by atoms with Crippen molar-refractivity contribution in [2.75, 3.05) is 0 Å². The Bertz CT molecular complexity index is 319. The van der Waals surface area contributed by atoms with Crippen molar-refractivity contribution in [2.24, 2.45) is 0 Å². The Kier molecular flexibility index (Phi) is 3.99. The zero-order valence-corrected chi connectivity index (χ0v) is 8.88.